The second kappa shape index (κ2) is 22.4. The normalized spacial score (nSPS) is 14.5. The van der Waals surface area contributed by atoms with E-state index >= 15 is 0 Å². The van der Waals surface area contributed by atoms with Crippen LogP contribution in [0.1, 0.15) is 85.8 Å². The number of aryl methyl sites for hydroxylation is 1. The zero-order chi connectivity index (χ0) is 49.4. The molecular weight excluding hydrogens is 873 g/mol. The Labute approximate surface area is 417 Å². The highest BCUT2D eigenvalue weighted by Crippen LogP contribution is 2.44. The van der Waals surface area contributed by atoms with Gasteiger partial charge in [-0.05, 0) is 147 Å². The maximum absolute atomic E-state index is 12.4. The van der Waals surface area contributed by atoms with E-state index in [0.29, 0.717) is 30.7 Å². The van der Waals surface area contributed by atoms with E-state index in [0.717, 1.165) is 58.2 Å². The first kappa shape index (κ1) is 49.7. The number of hydrogen-bond acceptors (Lipinski definition) is 4. The minimum Gasteiger partial charge on any atom is -0.370 e. The molecule has 0 saturated carbocycles. The molecule has 2 aliphatic rings. The number of nitrogens with zero attached hydrogens (tertiary/aromatic N) is 2. The second-order valence-corrected chi connectivity index (χ2v) is 24.4. The van der Waals surface area contributed by atoms with Gasteiger partial charge in [-0.2, -0.15) is 0 Å². The second-order valence-electron chi connectivity index (χ2n) is 20.1. The smallest absolute Gasteiger partial charge is 0.246 e. The highest BCUT2D eigenvalue weighted by atomic mass is 28.3. The number of allylic oxidation sites excluding steroid dienone is 6. The van der Waals surface area contributed by atoms with Crippen LogP contribution in [-0.2, 0) is 35.6 Å². The van der Waals surface area contributed by atoms with Crippen molar-refractivity contribution in [3.63, 3.8) is 0 Å². The van der Waals surface area contributed by atoms with Gasteiger partial charge in [0, 0.05) is 62.1 Å². The fourth-order valence-electron chi connectivity index (χ4n) is 10.4. The SMILES string of the molecule is C=C(C)C(=O)CCCCCCc1c2ccccc2c(CNCCCNC(=O)C(=C)C)c2ccc(C3=C4C=CC(=[N+](C)Cc5ccccc5)C=C4[Si](C)(C)c4cc(N(C)Cc5ccccc5)ccc43)cc12. The van der Waals surface area contributed by atoms with Gasteiger partial charge < -0.3 is 15.5 Å². The van der Waals surface area contributed by atoms with Crippen molar-refractivity contribution >= 4 is 63.5 Å². The first-order valence-electron chi connectivity index (χ1n) is 25.3. The third-order valence-electron chi connectivity index (χ3n) is 14.4. The molecule has 0 aromatic heterocycles. The quantitative estimate of drug-likeness (QED) is 0.0248. The van der Waals surface area contributed by atoms with E-state index in [1.807, 2.05) is 6.92 Å². The number of ketones is 1. The Hall–Kier alpha value is -6.67. The van der Waals surface area contributed by atoms with Crippen LogP contribution in [0.2, 0.25) is 13.1 Å². The number of unbranched alkanes of at least 4 members (excludes halogenated alkanes) is 3. The summed E-state index contributed by atoms with van der Waals surface area (Å²) in [6, 6.07) is 45.0. The Morgan fingerprint density at radius 1 is 0.686 bits per heavy atom. The van der Waals surface area contributed by atoms with Crippen molar-refractivity contribution in [1.29, 1.82) is 0 Å². The van der Waals surface area contributed by atoms with Crippen molar-refractivity contribution in [2.45, 2.75) is 91.5 Å². The molecule has 1 heterocycles. The minimum absolute atomic E-state index is 0.0950. The third-order valence-corrected chi connectivity index (χ3v) is 17.9. The van der Waals surface area contributed by atoms with Crippen molar-refractivity contribution in [2.75, 3.05) is 32.1 Å². The Bertz CT molecular complexity index is 3080. The van der Waals surface area contributed by atoms with E-state index < -0.39 is 8.07 Å². The average molecular weight is 944 g/mol. The largest absolute Gasteiger partial charge is 0.370 e. The molecule has 0 fully saturated rings. The lowest BCUT2D eigenvalue weighted by Crippen LogP contribution is -2.49. The molecule has 0 spiro atoms. The molecule has 70 heavy (non-hydrogen) atoms. The predicted molar refractivity (Wildman–Crippen MR) is 299 cm³/mol. The van der Waals surface area contributed by atoms with Crippen LogP contribution in [0.4, 0.5) is 5.69 Å². The summed E-state index contributed by atoms with van der Waals surface area (Å²) in [5, 5.41) is 14.8. The van der Waals surface area contributed by atoms with E-state index in [4.69, 9.17) is 0 Å². The van der Waals surface area contributed by atoms with E-state index in [1.54, 1.807) is 6.92 Å². The van der Waals surface area contributed by atoms with Gasteiger partial charge in [-0.15, -0.1) is 0 Å². The fraction of sp³-hybridized carbons (Fsp3) is 0.286. The molecule has 0 unspecified atom stereocenters. The number of carbonyl (C=O) groups excluding carboxylic acids is 2. The van der Waals surface area contributed by atoms with Crippen molar-refractivity contribution < 1.29 is 14.2 Å². The number of carbonyl (C=O) groups is 2. The molecule has 0 saturated heterocycles. The molecule has 2 N–H and O–H groups in total. The van der Waals surface area contributed by atoms with Gasteiger partial charge in [0.15, 0.2) is 18.0 Å². The van der Waals surface area contributed by atoms with Crippen molar-refractivity contribution in [3.8, 4) is 0 Å². The summed E-state index contributed by atoms with van der Waals surface area (Å²) >= 11 is 0. The number of fused-ring (bicyclic) bond motifs is 4. The average Bonchev–Trinajstić information content (AvgIpc) is 3.36. The number of hydrogen-bond donors (Lipinski definition) is 2. The van der Waals surface area contributed by atoms with E-state index in [2.05, 4.69) is 200 Å². The maximum atomic E-state index is 12.4. The summed E-state index contributed by atoms with van der Waals surface area (Å²) in [5.74, 6) is 0.0768. The Morgan fingerprint density at radius 3 is 2.07 bits per heavy atom. The van der Waals surface area contributed by atoms with Gasteiger partial charge >= 0.3 is 0 Å². The number of benzene rings is 6. The zero-order valence-corrected chi connectivity index (χ0v) is 43.4. The van der Waals surface area contributed by atoms with Gasteiger partial charge in [-0.1, -0.05) is 142 Å². The van der Waals surface area contributed by atoms with Crippen LogP contribution in [0.15, 0.2) is 175 Å². The molecule has 1 aliphatic heterocycles. The molecule has 8 rings (SSSR count). The molecule has 6 aromatic carbocycles. The zero-order valence-electron chi connectivity index (χ0n) is 42.4. The summed E-state index contributed by atoms with van der Waals surface area (Å²) in [6.45, 7) is 20.0. The summed E-state index contributed by atoms with van der Waals surface area (Å²) in [7, 11) is 2.16. The van der Waals surface area contributed by atoms with Crippen LogP contribution in [0.5, 0.6) is 0 Å². The molecule has 0 bridgehead atoms. The number of anilines is 1. The van der Waals surface area contributed by atoms with Gasteiger partial charge in [0.25, 0.3) is 0 Å². The van der Waals surface area contributed by atoms with Crippen molar-refractivity contribution in [2.24, 2.45) is 0 Å². The van der Waals surface area contributed by atoms with Gasteiger partial charge in [-0.3, -0.25) is 9.59 Å². The molecule has 7 heteroatoms. The van der Waals surface area contributed by atoms with Gasteiger partial charge in [0.1, 0.15) is 15.1 Å². The van der Waals surface area contributed by atoms with Crippen LogP contribution in [0.25, 0.3) is 27.1 Å². The molecule has 1 aliphatic carbocycles. The summed E-state index contributed by atoms with van der Waals surface area (Å²) in [4.78, 5) is 26.9. The molecule has 6 nitrogen and oxygen atoms in total. The number of rotatable bonds is 21. The summed E-state index contributed by atoms with van der Waals surface area (Å²) in [6.07, 6.45) is 13.6. The lowest BCUT2D eigenvalue weighted by atomic mass is 9.85. The van der Waals surface area contributed by atoms with E-state index in [9.17, 15) is 9.59 Å². The van der Waals surface area contributed by atoms with Crippen LogP contribution < -0.4 is 20.7 Å². The summed E-state index contributed by atoms with van der Waals surface area (Å²) < 4.78 is 2.39. The Balaban J connectivity index is 1.24. The van der Waals surface area contributed by atoms with Gasteiger partial charge in [0.2, 0.25) is 5.91 Å². The monoisotopic (exact) mass is 944 g/mol. The topological polar surface area (TPSA) is 64.5 Å². The molecule has 6 aromatic rings. The van der Waals surface area contributed by atoms with Crippen molar-refractivity contribution in [3.05, 3.63) is 208 Å². The summed E-state index contributed by atoms with van der Waals surface area (Å²) in [5.41, 5.74) is 14.1. The molecule has 358 valence electrons. The lowest BCUT2D eigenvalue weighted by Gasteiger charge is -2.38. The first-order valence-corrected chi connectivity index (χ1v) is 28.3. The predicted octanol–water partition coefficient (Wildman–Crippen LogP) is 12.5. The molecule has 0 atom stereocenters. The lowest BCUT2D eigenvalue weighted by molar-refractivity contribution is -0.512. The highest BCUT2D eigenvalue weighted by Gasteiger charge is 2.40. The van der Waals surface area contributed by atoms with Crippen LogP contribution >= 0.6 is 0 Å². The number of Topliss-reactive ketones (excluding diaryl/α,β-unsaturated/α-hetero) is 1. The van der Waals surface area contributed by atoms with Crippen LogP contribution in [-0.4, -0.2) is 57.2 Å². The van der Waals surface area contributed by atoms with E-state index in [1.165, 1.54) is 87.9 Å². The highest BCUT2D eigenvalue weighted by molar-refractivity contribution is 6.98. The molecule has 1 amide bonds. The van der Waals surface area contributed by atoms with Gasteiger partial charge in [-0.25, -0.2) is 4.58 Å². The number of amides is 1. The number of nitrogens with one attached hydrogen (secondary N) is 2. The van der Waals surface area contributed by atoms with Gasteiger partial charge in [0.05, 0.1) is 0 Å². The standard InChI is InChI=1S/C63H70N4O2Si/c1-44(2)59(68)29-18-10-9-17-26-52-51-27-19-20-28-53(51)58(41-64-36-21-37-65-63(69)45(3)4)54-33-30-48(38-57(52)54)62-55-34-31-49(66(5)42-46-22-13-11-14-23-46)39-60(55)70(7,8)61-40-50(32-35-56(61)62)67(6)43-47-24-15-12-16-25-47/h11-16,19-20,22-25,27-28,30-35,38-40,64H,1,3,9-10,17-18,21,26,29,36-37,41-43H2,2,4-8H3/p+1. The molecular formula is C63H71N4O2Si+. The Morgan fingerprint density at radius 2 is 1.36 bits per heavy atom. The van der Waals surface area contributed by atoms with Crippen LogP contribution in [0.3, 0.4) is 0 Å². The first-order chi connectivity index (χ1) is 33.8. The third kappa shape index (κ3) is 11.2. The fourth-order valence-corrected chi connectivity index (χ4v) is 13.5. The molecule has 0 radical (unpaired) electrons. The van der Waals surface area contributed by atoms with Crippen LogP contribution in [0, 0.1) is 0 Å². The minimum atomic E-state index is -2.27. The Kier molecular flexibility index (Phi) is 15.9. The maximum Gasteiger partial charge on any atom is 0.246 e. The van der Waals surface area contributed by atoms with E-state index in [-0.39, 0.29) is 11.7 Å². The van der Waals surface area contributed by atoms with Crippen molar-refractivity contribution in [1.82, 2.24) is 10.6 Å².